The zero-order chi connectivity index (χ0) is 23.5. The van der Waals surface area contributed by atoms with E-state index >= 15 is 0 Å². The van der Waals surface area contributed by atoms with Gasteiger partial charge in [-0.15, -0.1) is 0 Å². The van der Waals surface area contributed by atoms with Gasteiger partial charge in [-0.1, -0.05) is 19.9 Å². The number of hydrogen-bond donors (Lipinski definition) is 0. The molecule has 0 unspecified atom stereocenters. The average Bonchev–Trinajstić information content (AvgIpc) is 3.13. The molecule has 2 fully saturated rings. The van der Waals surface area contributed by atoms with E-state index in [9.17, 15) is 14.4 Å². The third-order valence-corrected chi connectivity index (χ3v) is 9.91. The predicted octanol–water partition coefficient (Wildman–Crippen LogP) is 6.08. The third-order valence-electron chi connectivity index (χ3n) is 9.19. The molecule has 0 radical (unpaired) electrons. The first-order valence-electron chi connectivity index (χ1n) is 12.1. The summed E-state index contributed by atoms with van der Waals surface area (Å²) in [6, 6.07) is 7.35. The van der Waals surface area contributed by atoms with E-state index in [-0.39, 0.29) is 34.5 Å². The summed E-state index contributed by atoms with van der Waals surface area (Å²) in [6.07, 6.45) is 8.84. The lowest BCUT2D eigenvalue weighted by Gasteiger charge is -2.57. The maximum absolute atomic E-state index is 13.4. The fourth-order valence-corrected chi connectivity index (χ4v) is 7.88. The highest BCUT2D eigenvalue weighted by Gasteiger charge is 2.59. The minimum absolute atomic E-state index is 0.0922. The van der Waals surface area contributed by atoms with Gasteiger partial charge in [0, 0.05) is 15.6 Å². The van der Waals surface area contributed by atoms with Crippen LogP contribution in [0.3, 0.4) is 0 Å². The monoisotopic (exact) mass is 558 g/mol. The van der Waals surface area contributed by atoms with E-state index in [4.69, 9.17) is 4.74 Å². The number of ketones is 2. The van der Waals surface area contributed by atoms with Crippen LogP contribution in [0, 0.1) is 32.2 Å². The molecule has 4 nitrogen and oxygen atoms in total. The molecule has 0 heterocycles. The Morgan fingerprint density at radius 3 is 2.42 bits per heavy atom. The number of carbonyl (C=O) groups excluding carboxylic acids is 3. The average molecular weight is 558 g/mol. The van der Waals surface area contributed by atoms with Crippen LogP contribution in [0.15, 0.2) is 47.6 Å². The van der Waals surface area contributed by atoms with Crippen molar-refractivity contribution in [2.24, 2.45) is 28.6 Å². The quantitative estimate of drug-likeness (QED) is 0.333. The van der Waals surface area contributed by atoms with Crippen molar-refractivity contribution in [3.05, 3.63) is 56.7 Å². The molecule has 0 aromatic heterocycles. The van der Waals surface area contributed by atoms with E-state index in [2.05, 4.69) is 42.5 Å². The smallest absolute Gasteiger partial charge is 0.338 e. The lowest BCUT2D eigenvalue weighted by molar-refractivity contribution is -0.128. The molecule has 5 rings (SSSR count). The molecule has 1 aromatic carbocycles. The summed E-state index contributed by atoms with van der Waals surface area (Å²) in [5.74, 6) is 1.18. The van der Waals surface area contributed by atoms with Crippen LogP contribution in [0.1, 0.15) is 69.7 Å². The van der Waals surface area contributed by atoms with Crippen LogP contribution in [0.2, 0.25) is 0 Å². The summed E-state index contributed by atoms with van der Waals surface area (Å²) in [7, 11) is 0. The number of Topliss-reactive ketones (excluding diaryl/α,β-unsaturated/α-hetero) is 2. The molecule has 1 aromatic rings. The van der Waals surface area contributed by atoms with Crippen molar-refractivity contribution in [2.45, 2.75) is 65.4 Å². The Hall–Kier alpha value is -1.76. The second-order valence-electron chi connectivity index (χ2n) is 10.9. The molecular weight excluding hydrogens is 527 g/mol. The summed E-state index contributed by atoms with van der Waals surface area (Å²) < 4.78 is 6.87. The molecule has 174 valence electrons. The standard InChI is InChI=1S/C28H31IO4/c1-16(30)21-8-9-22-20-15-25(31)24-14-19(33-26(32)17-4-6-18(29)7-5-17)10-12-28(24,3)23(20)11-13-27(21,22)2/h4-8,14,19-20,22-23H,9-13,15H2,1-3H3/t19-,20-,22-,23-,27+,28+/m0/s1. The molecule has 0 saturated heterocycles. The summed E-state index contributed by atoms with van der Waals surface area (Å²) in [5.41, 5.74) is 2.13. The van der Waals surface area contributed by atoms with Crippen LogP contribution in [0.25, 0.3) is 0 Å². The SMILES string of the molecule is CC(=O)C1=CC[C@H]2[C@@H]3CC(=O)C4=C[C@@H](OC(=O)c5ccc(I)cc5)CC[C@]4(C)[C@H]3CC[C@]12C. The minimum atomic E-state index is -0.355. The van der Waals surface area contributed by atoms with E-state index in [1.807, 2.05) is 18.2 Å². The molecule has 0 bridgehead atoms. The Morgan fingerprint density at radius 2 is 1.73 bits per heavy atom. The normalized spacial score (nSPS) is 37.3. The lowest BCUT2D eigenvalue weighted by Crippen LogP contribution is -2.53. The molecule has 4 aliphatic rings. The van der Waals surface area contributed by atoms with Gasteiger partial charge in [0.1, 0.15) is 6.10 Å². The predicted molar refractivity (Wildman–Crippen MR) is 135 cm³/mol. The molecule has 6 atom stereocenters. The Bertz CT molecular complexity index is 1080. The van der Waals surface area contributed by atoms with E-state index in [1.54, 1.807) is 19.1 Å². The largest absolute Gasteiger partial charge is 0.455 e. The fourth-order valence-electron chi connectivity index (χ4n) is 7.52. The molecule has 0 spiro atoms. The zero-order valence-corrected chi connectivity index (χ0v) is 21.7. The van der Waals surface area contributed by atoms with Crippen molar-refractivity contribution in [3.63, 3.8) is 0 Å². The van der Waals surface area contributed by atoms with E-state index in [1.165, 1.54) is 0 Å². The highest BCUT2D eigenvalue weighted by molar-refractivity contribution is 14.1. The maximum Gasteiger partial charge on any atom is 0.338 e. The number of allylic oxidation sites excluding steroid dienone is 3. The maximum atomic E-state index is 13.4. The number of hydrogen-bond acceptors (Lipinski definition) is 4. The second kappa shape index (κ2) is 8.17. The van der Waals surface area contributed by atoms with Gasteiger partial charge in [0.2, 0.25) is 0 Å². The van der Waals surface area contributed by atoms with Crippen LogP contribution in [-0.4, -0.2) is 23.6 Å². The van der Waals surface area contributed by atoms with Gasteiger partial charge in [-0.25, -0.2) is 4.79 Å². The lowest BCUT2D eigenvalue weighted by atomic mass is 9.46. The van der Waals surface area contributed by atoms with Gasteiger partial charge in [-0.2, -0.15) is 0 Å². The van der Waals surface area contributed by atoms with E-state index in [0.717, 1.165) is 46.8 Å². The van der Waals surface area contributed by atoms with Crippen molar-refractivity contribution in [3.8, 4) is 0 Å². The number of rotatable bonds is 3. The van der Waals surface area contributed by atoms with Crippen molar-refractivity contribution in [1.82, 2.24) is 0 Å². The number of esters is 1. The molecule has 0 N–H and O–H groups in total. The van der Waals surface area contributed by atoms with Crippen molar-refractivity contribution in [1.29, 1.82) is 0 Å². The van der Waals surface area contributed by atoms with Crippen LogP contribution in [0.4, 0.5) is 0 Å². The molecular formula is C28H31IO4. The summed E-state index contributed by atoms with van der Waals surface area (Å²) in [4.78, 5) is 38.4. The Balaban J connectivity index is 1.37. The van der Waals surface area contributed by atoms with Gasteiger partial charge >= 0.3 is 5.97 Å². The Morgan fingerprint density at radius 1 is 1.03 bits per heavy atom. The first-order valence-corrected chi connectivity index (χ1v) is 13.1. The van der Waals surface area contributed by atoms with Gasteiger partial charge in [0.15, 0.2) is 11.6 Å². The highest BCUT2D eigenvalue weighted by Crippen LogP contribution is 2.64. The summed E-state index contributed by atoms with van der Waals surface area (Å²) in [6.45, 7) is 6.17. The van der Waals surface area contributed by atoms with Crippen LogP contribution in [-0.2, 0) is 14.3 Å². The number of fused-ring (bicyclic) bond motifs is 5. The van der Waals surface area contributed by atoms with Crippen LogP contribution < -0.4 is 0 Å². The second-order valence-corrected chi connectivity index (χ2v) is 12.1. The molecule has 0 aliphatic heterocycles. The number of ether oxygens (including phenoxy) is 1. The van der Waals surface area contributed by atoms with Gasteiger partial charge in [-0.05, 0) is 126 Å². The van der Waals surface area contributed by atoms with Crippen molar-refractivity contribution < 1.29 is 19.1 Å². The first kappa shape index (κ1) is 23.0. The minimum Gasteiger partial charge on any atom is -0.455 e. The highest BCUT2D eigenvalue weighted by atomic mass is 127. The molecule has 33 heavy (non-hydrogen) atoms. The summed E-state index contributed by atoms with van der Waals surface area (Å²) >= 11 is 2.21. The van der Waals surface area contributed by atoms with Crippen LogP contribution >= 0.6 is 22.6 Å². The van der Waals surface area contributed by atoms with E-state index < -0.39 is 0 Å². The molecule has 2 saturated carbocycles. The van der Waals surface area contributed by atoms with Gasteiger partial charge in [0.05, 0.1) is 5.56 Å². The van der Waals surface area contributed by atoms with Crippen molar-refractivity contribution in [2.75, 3.05) is 0 Å². The van der Waals surface area contributed by atoms with Gasteiger partial charge < -0.3 is 4.74 Å². The first-order chi connectivity index (χ1) is 15.6. The summed E-state index contributed by atoms with van der Waals surface area (Å²) in [5, 5.41) is 0. The Kier molecular flexibility index (Phi) is 5.70. The van der Waals surface area contributed by atoms with E-state index in [0.29, 0.717) is 29.7 Å². The van der Waals surface area contributed by atoms with Gasteiger partial charge in [0.25, 0.3) is 0 Å². The third kappa shape index (κ3) is 3.65. The molecule has 0 amide bonds. The Labute approximate surface area is 209 Å². The van der Waals surface area contributed by atoms with Gasteiger partial charge in [-0.3, -0.25) is 9.59 Å². The number of halogens is 1. The number of carbonyl (C=O) groups is 3. The zero-order valence-electron chi connectivity index (χ0n) is 19.5. The van der Waals surface area contributed by atoms with Crippen LogP contribution in [0.5, 0.6) is 0 Å². The molecule has 4 aliphatic carbocycles. The van der Waals surface area contributed by atoms with Crippen molar-refractivity contribution >= 4 is 40.1 Å². The molecule has 5 heteroatoms. The fraction of sp³-hybridized carbons (Fsp3) is 0.536. The topological polar surface area (TPSA) is 60.4 Å². The number of benzene rings is 1.